The predicted molar refractivity (Wildman–Crippen MR) is 151 cm³/mol. The molecule has 0 unspecified atom stereocenters. The summed E-state index contributed by atoms with van der Waals surface area (Å²) < 4.78 is 11.3. The van der Waals surface area contributed by atoms with Crippen LogP contribution < -0.4 is 10.6 Å². The summed E-state index contributed by atoms with van der Waals surface area (Å²) in [5.74, 6) is 0. The number of hydrogen-bond acceptors (Lipinski definition) is 8. The van der Waals surface area contributed by atoms with E-state index >= 15 is 0 Å². The number of amides is 1. The van der Waals surface area contributed by atoms with Crippen molar-refractivity contribution in [2.24, 2.45) is 0 Å². The maximum absolute atomic E-state index is 12.8. The molecule has 4 fully saturated rings. The van der Waals surface area contributed by atoms with Gasteiger partial charge in [-0.3, -0.25) is 0 Å². The molecule has 0 aromatic carbocycles. The van der Waals surface area contributed by atoms with Gasteiger partial charge >= 0.3 is 6.09 Å². The number of alkyl carbamates (subject to hydrolysis) is 1. The lowest BCUT2D eigenvalue weighted by Gasteiger charge is -2.52. The number of unbranched alkanes of at least 4 members (excludes halogenated alkanes) is 1. The number of hydrogen-bond donors (Lipinski definition) is 2. The molecule has 3 heterocycles. The second-order valence-electron chi connectivity index (χ2n) is 11.9. The zero-order chi connectivity index (χ0) is 26.8. The highest BCUT2D eigenvalue weighted by Crippen LogP contribution is 2.54. The van der Waals surface area contributed by atoms with Crippen molar-refractivity contribution in [3.05, 3.63) is 22.4 Å². The first-order valence-corrected chi connectivity index (χ1v) is 15.3. The van der Waals surface area contributed by atoms with E-state index in [0.29, 0.717) is 11.2 Å². The van der Waals surface area contributed by atoms with Gasteiger partial charge in [0.1, 0.15) is 15.8 Å². The highest BCUT2D eigenvalue weighted by atomic mass is 35.5. The average molecular weight is 562 g/mol. The Balaban J connectivity index is 1.25. The molecule has 0 radical (unpaired) electrons. The van der Waals surface area contributed by atoms with Crippen molar-refractivity contribution in [3.8, 4) is 10.6 Å². The highest BCUT2D eigenvalue weighted by Gasteiger charge is 2.52. The highest BCUT2D eigenvalue weighted by molar-refractivity contribution is 7.14. The number of carbonyl (C=O) groups excluding carboxylic acids is 1. The van der Waals surface area contributed by atoms with Gasteiger partial charge in [-0.15, -0.1) is 10.2 Å². The van der Waals surface area contributed by atoms with Gasteiger partial charge in [0.05, 0.1) is 5.56 Å². The van der Waals surface area contributed by atoms with Crippen LogP contribution in [-0.4, -0.2) is 51.7 Å². The first-order valence-electron chi connectivity index (χ1n) is 14.1. The van der Waals surface area contributed by atoms with Gasteiger partial charge in [-0.25, -0.2) is 9.78 Å². The number of ether oxygens (including phenoxy) is 2. The van der Waals surface area contributed by atoms with E-state index in [1.165, 1.54) is 0 Å². The minimum Gasteiger partial charge on any atom is -0.444 e. The van der Waals surface area contributed by atoms with Crippen molar-refractivity contribution >= 4 is 34.7 Å². The van der Waals surface area contributed by atoms with Crippen molar-refractivity contribution in [1.29, 1.82) is 0 Å². The summed E-state index contributed by atoms with van der Waals surface area (Å²) in [5.41, 5.74) is 1.30. The van der Waals surface area contributed by atoms with Gasteiger partial charge in [-0.1, -0.05) is 36.3 Å². The zero-order valence-electron chi connectivity index (χ0n) is 22.8. The summed E-state index contributed by atoms with van der Waals surface area (Å²) in [7, 11) is 0. The van der Waals surface area contributed by atoms with Crippen LogP contribution in [0.25, 0.3) is 10.6 Å². The number of rotatable bonds is 9. The second kappa shape index (κ2) is 11.3. The Labute approximate surface area is 234 Å². The summed E-state index contributed by atoms with van der Waals surface area (Å²) in [6.07, 6.45) is 12.3. The largest absolute Gasteiger partial charge is 0.444 e. The minimum absolute atomic E-state index is 0.0256. The molecule has 0 spiro atoms. The third-order valence-corrected chi connectivity index (χ3v) is 10.1. The molecule has 3 saturated carbocycles. The van der Waals surface area contributed by atoms with Crippen LogP contribution in [0.1, 0.15) is 96.4 Å². The van der Waals surface area contributed by atoms with Crippen molar-refractivity contribution in [2.75, 3.05) is 18.5 Å². The van der Waals surface area contributed by atoms with E-state index in [1.807, 2.05) is 19.9 Å². The Bertz CT molecular complexity index is 1110. The molecule has 2 aromatic rings. The van der Waals surface area contributed by atoms with Gasteiger partial charge in [-0.2, -0.15) is 0 Å². The molecule has 0 atom stereocenters. The fourth-order valence-electron chi connectivity index (χ4n) is 6.17. The van der Waals surface area contributed by atoms with Crippen molar-refractivity contribution in [2.45, 2.75) is 114 Å². The van der Waals surface area contributed by atoms with Gasteiger partial charge in [0, 0.05) is 42.1 Å². The maximum atomic E-state index is 12.8. The Morgan fingerprint density at radius 2 is 1.89 bits per heavy atom. The lowest BCUT2D eigenvalue weighted by Crippen LogP contribution is -2.58. The van der Waals surface area contributed by atoms with Crippen LogP contribution >= 0.6 is 22.9 Å². The predicted octanol–water partition coefficient (Wildman–Crippen LogP) is 6.88. The second-order valence-corrected chi connectivity index (χ2v) is 13.3. The molecule has 1 saturated heterocycles. The van der Waals surface area contributed by atoms with Crippen molar-refractivity contribution in [3.63, 3.8) is 0 Å². The fraction of sp³-hybridized carbons (Fsp3) is 0.714. The standard InChI is InChI=1S/C28H40ClN5O3S/c1-4-5-8-26(2,3)37-25(35)32-28-12-9-27(10-13-28,11-14-28)24-34-33-23(38-24)20-18-30-22(29)17-21(20)31-19-6-15-36-16-7-19/h17-19H,4-16H2,1-3H3,(H,30,31)(H,32,35). The molecule has 38 heavy (non-hydrogen) atoms. The van der Waals surface area contributed by atoms with Gasteiger partial charge in [-0.05, 0) is 84.1 Å². The Morgan fingerprint density at radius 3 is 2.58 bits per heavy atom. The number of anilines is 1. The quantitative estimate of drug-likeness (QED) is 0.322. The lowest BCUT2D eigenvalue weighted by molar-refractivity contribution is 0.0115. The first-order chi connectivity index (χ1) is 18.2. The third-order valence-electron chi connectivity index (χ3n) is 8.68. The maximum Gasteiger partial charge on any atom is 0.408 e. The van der Waals surface area contributed by atoms with E-state index in [1.54, 1.807) is 17.5 Å². The Kier molecular flexibility index (Phi) is 8.17. The minimum atomic E-state index is -0.443. The number of nitrogens with one attached hydrogen (secondary N) is 2. The molecule has 3 aliphatic carbocycles. The van der Waals surface area contributed by atoms with E-state index in [4.69, 9.17) is 26.2 Å². The first kappa shape index (κ1) is 27.6. The molecular formula is C28H40ClN5O3S. The number of pyridine rings is 1. The summed E-state index contributed by atoms with van der Waals surface area (Å²) in [5, 5.41) is 18.7. The molecule has 6 rings (SSSR count). The van der Waals surface area contributed by atoms with E-state index in [-0.39, 0.29) is 17.0 Å². The molecule has 208 valence electrons. The molecule has 10 heteroatoms. The van der Waals surface area contributed by atoms with Crippen molar-refractivity contribution < 1.29 is 14.3 Å². The van der Waals surface area contributed by atoms with Gasteiger partial charge < -0.3 is 20.1 Å². The molecular weight excluding hydrogens is 522 g/mol. The fourth-order valence-corrected chi connectivity index (χ4v) is 7.47. The summed E-state index contributed by atoms with van der Waals surface area (Å²) >= 11 is 7.93. The Hall–Kier alpha value is -1.97. The molecule has 1 amide bonds. The summed E-state index contributed by atoms with van der Waals surface area (Å²) in [6, 6.07) is 2.23. The number of aromatic nitrogens is 3. The summed E-state index contributed by atoms with van der Waals surface area (Å²) in [4.78, 5) is 17.1. The number of nitrogens with zero attached hydrogens (tertiary/aromatic N) is 3. The number of carbonyl (C=O) groups is 1. The van der Waals surface area contributed by atoms with Crippen molar-refractivity contribution in [1.82, 2.24) is 20.5 Å². The van der Waals surface area contributed by atoms with Crippen LogP contribution in [0.5, 0.6) is 0 Å². The van der Waals surface area contributed by atoms with Crippen LogP contribution in [0.15, 0.2) is 12.3 Å². The van der Waals surface area contributed by atoms with Gasteiger partial charge in [0.25, 0.3) is 0 Å². The molecule has 2 aromatic heterocycles. The van der Waals surface area contributed by atoms with E-state index in [9.17, 15) is 4.79 Å². The number of halogens is 1. The topological polar surface area (TPSA) is 98.3 Å². The smallest absolute Gasteiger partial charge is 0.408 e. The average Bonchev–Trinajstić information content (AvgIpc) is 3.40. The van der Waals surface area contributed by atoms with E-state index in [0.717, 1.165) is 105 Å². The molecule has 1 aliphatic heterocycles. The monoisotopic (exact) mass is 561 g/mol. The molecule has 2 N–H and O–H groups in total. The molecule has 4 aliphatic rings. The van der Waals surface area contributed by atoms with E-state index in [2.05, 4.69) is 27.6 Å². The summed E-state index contributed by atoms with van der Waals surface area (Å²) in [6.45, 7) is 7.69. The van der Waals surface area contributed by atoms with Gasteiger partial charge in [0.15, 0.2) is 5.01 Å². The third kappa shape index (κ3) is 6.10. The van der Waals surface area contributed by atoms with Crippen LogP contribution in [0.4, 0.5) is 10.5 Å². The van der Waals surface area contributed by atoms with Crippen LogP contribution in [0.2, 0.25) is 5.15 Å². The van der Waals surface area contributed by atoms with Crippen LogP contribution in [0, 0.1) is 0 Å². The normalized spacial score (nSPS) is 25.8. The van der Waals surface area contributed by atoms with Gasteiger partial charge in [0.2, 0.25) is 0 Å². The lowest BCUT2D eigenvalue weighted by atomic mass is 9.57. The molecule has 8 nitrogen and oxygen atoms in total. The van der Waals surface area contributed by atoms with Crippen LogP contribution in [0.3, 0.4) is 0 Å². The van der Waals surface area contributed by atoms with E-state index < -0.39 is 5.60 Å². The zero-order valence-corrected chi connectivity index (χ0v) is 24.3. The van der Waals surface area contributed by atoms with Crippen LogP contribution in [-0.2, 0) is 14.9 Å². The SMILES string of the molecule is CCCCC(C)(C)OC(=O)NC12CCC(c3nnc(-c4cnc(Cl)cc4NC4CCOCC4)s3)(CC1)CC2. The Morgan fingerprint density at radius 1 is 1.18 bits per heavy atom. The number of fused-ring (bicyclic) bond motifs is 3. The molecule has 2 bridgehead atoms.